The van der Waals surface area contributed by atoms with Crippen LogP contribution in [0, 0.1) is 47.3 Å². The minimum absolute atomic E-state index is 0.00382. The highest BCUT2D eigenvalue weighted by Gasteiger charge is 2.44. The van der Waals surface area contributed by atoms with Crippen molar-refractivity contribution in [3.8, 4) is 23.3 Å². The molecule has 12 nitrogen and oxygen atoms in total. The minimum Gasteiger partial charge on any atom is -0.504 e. The van der Waals surface area contributed by atoms with Gasteiger partial charge in [-0.2, -0.15) is 0 Å². The number of aliphatic hydroxyl groups excluding tert-OH is 5. The Hall–Kier alpha value is -3.10. The predicted molar refractivity (Wildman–Crippen MR) is 256 cm³/mol. The summed E-state index contributed by atoms with van der Waals surface area (Å²) in [6.45, 7) is 7.02. The van der Waals surface area contributed by atoms with Gasteiger partial charge in [-0.05, 0) is 118 Å². The van der Waals surface area contributed by atoms with Gasteiger partial charge >= 0.3 is 0 Å². The number of H-pyrrole nitrogens is 1. The maximum absolute atomic E-state index is 12.5. The van der Waals surface area contributed by atoms with Crippen LogP contribution in [0.15, 0.2) is 65.2 Å². The number of fused-ring (bicyclic) bond motifs is 5. The van der Waals surface area contributed by atoms with E-state index in [1.54, 1.807) is 28.5 Å². The maximum atomic E-state index is 12.5. The van der Waals surface area contributed by atoms with Crippen LogP contribution in [-0.2, 0) is 17.6 Å². The lowest BCUT2D eigenvalue weighted by Crippen LogP contribution is -2.42. The van der Waals surface area contributed by atoms with Crippen molar-refractivity contribution in [3.05, 3.63) is 82.0 Å². The summed E-state index contributed by atoms with van der Waals surface area (Å²) in [5, 5.41) is 74.1. The number of aromatic nitrogens is 1. The fraction of sp³-hybridized carbons (Fsp3) is 0.640. The zero-order valence-corrected chi connectivity index (χ0v) is 39.4. The van der Waals surface area contributed by atoms with E-state index in [0.29, 0.717) is 62.5 Å². The quantitative estimate of drug-likeness (QED) is 0.0705. The van der Waals surface area contributed by atoms with Crippen LogP contribution in [0.3, 0.4) is 0 Å². The number of aliphatic hydroxyl groups is 5. The van der Waals surface area contributed by atoms with E-state index in [-0.39, 0.29) is 79.0 Å². The number of hydrogen-bond acceptors (Lipinski definition) is 13. The van der Waals surface area contributed by atoms with Crippen molar-refractivity contribution in [2.24, 2.45) is 41.2 Å². The number of aromatic hydroxyl groups is 1. The van der Waals surface area contributed by atoms with E-state index in [4.69, 9.17) is 15.2 Å². The molecule has 13 atom stereocenters. The van der Waals surface area contributed by atoms with E-state index in [1.807, 2.05) is 24.4 Å². The van der Waals surface area contributed by atoms with Crippen LogP contribution in [-0.4, -0.2) is 117 Å². The molecule has 1 aromatic carbocycles. The van der Waals surface area contributed by atoms with Gasteiger partial charge in [0.05, 0.1) is 37.6 Å². The van der Waals surface area contributed by atoms with Gasteiger partial charge in [-0.15, -0.1) is 0 Å². The Kier molecular flexibility index (Phi) is 17.6. The lowest BCUT2D eigenvalue weighted by Gasteiger charge is -2.37. The van der Waals surface area contributed by atoms with Crippen LogP contribution in [0.4, 0.5) is 0 Å². The fourth-order valence-corrected chi connectivity index (χ4v) is 13.3. The number of rotatable bonds is 13. The molecule has 0 amide bonds. The number of phenols is 1. The van der Waals surface area contributed by atoms with Gasteiger partial charge in [-0.1, -0.05) is 65.0 Å². The Bertz CT molecular complexity index is 2000. The zero-order valence-electron chi connectivity index (χ0n) is 37.8. The summed E-state index contributed by atoms with van der Waals surface area (Å²) in [6, 6.07) is 7.91. The molecule has 3 aliphatic carbocycles. The monoisotopic (exact) mass is 920 g/mol. The highest BCUT2D eigenvalue weighted by Crippen LogP contribution is 2.51. The molecule has 2 aromatic rings. The number of aromatic amines is 1. The number of phenolic OH excluding ortho intramolecular Hbond substituents is 1. The second kappa shape index (κ2) is 23.1. The van der Waals surface area contributed by atoms with Gasteiger partial charge in [0.15, 0.2) is 11.5 Å². The highest BCUT2D eigenvalue weighted by molar-refractivity contribution is 8.76. The molecule has 1 fully saturated rings. The topological polar surface area (TPSA) is 206 Å². The summed E-state index contributed by atoms with van der Waals surface area (Å²) >= 11 is 0. The van der Waals surface area contributed by atoms with Crippen molar-refractivity contribution in [3.63, 3.8) is 0 Å². The number of ether oxygens (including phenoxy) is 2. The average molecular weight is 921 g/mol. The van der Waals surface area contributed by atoms with E-state index in [0.717, 1.165) is 53.7 Å². The first-order chi connectivity index (χ1) is 31.0. The standard InChI is InChI=1S/C50H72N4O8S2/c1-4-30-8-9-32-20-39-31(5-2)18-33-21-43(58)46(24-40(33)41(39)23-44(59)48(32)45(61-16-15-55)11-10-37(17-30)54-25-29(3)57)62-47-22-34(19-36-7-6-13-52-36)38-12-14-53-50(51)42(38)28-64-63-27-35(26-56)49(47)60/h6-7,12-13,20-21,24,29-32,34-35,37,41,44-45,47-49,52-60H,4-5,10-11,14-19,22-23,25-28,51H2,1-3H3. The predicted octanol–water partition coefficient (Wildman–Crippen LogP) is 5.30. The largest absolute Gasteiger partial charge is 0.504 e. The molecule has 7 rings (SSSR count). The zero-order chi connectivity index (χ0) is 45.3. The van der Waals surface area contributed by atoms with Gasteiger partial charge in [0.25, 0.3) is 0 Å². The maximum Gasteiger partial charge on any atom is 0.161 e. The summed E-state index contributed by atoms with van der Waals surface area (Å²) in [5.41, 5.74) is 13.0. The Balaban J connectivity index is 1.26. The van der Waals surface area contributed by atoms with Crippen molar-refractivity contribution < 1.29 is 40.1 Å². The normalized spacial score (nSPS) is 32.9. The fourth-order valence-electron chi connectivity index (χ4n) is 10.8. The Labute approximate surface area is 387 Å². The Morgan fingerprint density at radius 2 is 1.88 bits per heavy atom. The number of allylic oxidation sites excluding steroid dienone is 3. The lowest BCUT2D eigenvalue weighted by atomic mass is 9.70. The molecule has 5 aliphatic rings. The van der Waals surface area contributed by atoms with Crippen LogP contribution < -0.4 is 21.1 Å². The lowest BCUT2D eigenvalue weighted by molar-refractivity contribution is -0.0612. The molecule has 352 valence electrons. The van der Waals surface area contributed by atoms with Crippen molar-refractivity contribution in [1.29, 1.82) is 0 Å². The molecule has 14 heteroatoms. The number of nitrogens with one attached hydrogen (secondary N) is 3. The smallest absolute Gasteiger partial charge is 0.161 e. The molecular weight excluding hydrogens is 849 g/mol. The average Bonchev–Trinajstić information content (AvgIpc) is 3.74. The molecule has 13 unspecified atom stereocenters. The molecule has 11 N–H and O–H groups in total. The molecule has 1 aromatic heterocycles. The Morgan fingerprint density at radius 1 is 1.03 bits per heavy atom. The second-order valence-corrected chi connectivity index (χ2v) is 21.2. The van der Waals surface area contributed by atoms with Gasteiger partial charge in [0.1, 0.15) is 11.9 Å². The molecule has 0 saturated carbocycles. The number of hydrogen-bond donors (Lipinski definition) is 10. The molecule has 0 bridgehead atoms. The first-order valence-corrected chi connectivity index (χ1v) is 26.2. The third kappa shape index (κ3) is 11.7. The van der Waals surface area contributed by atoms with Crippen molar-refractivity contribution in [2.75, 3.05) is 44.4 Å². The molecule has 0 spiro atoms. The summed E-state index contributed by atoms with van der Waals surface area (Å²) in [4.78, 5) is 3.36. The van der Waals surface area contributed by atoms with Crippen LogP contribution in [0.25, 0.3) is 0 Å². The third-order valence-corrected chi connectivity index (χ3v) is 16.7. The van der Waals surface area contributed by atoms with Crippen molar-refractivity contribution in [1.82, 2.24) is 15.6 Å². The van der Waals surface area contributed by atoms with Crippen molar-refractivity contribution >= 4 is 21.6 Å². The highest BCUT2D eigenvalue weighted by atomic mass is 33.1. The van der Waals surface area contributed by atoms with Crippen LogP contribution in [0.2, 0.25) is 0 Å². The van der Waals surface area contributed by atoms with Gasteiger partial charge in [0.2, 0.25) is 0 Å². The summed E-state index contributed by atoms with van der Waals surface area (Å²) < 4.78 is 13.3. The second-order valence-electron chi connectivity index (χ2n) is 18.6. The number of nitrogens with two attached hydrogens (primary N) is 1. The van der Waals surface area contributed by atoms with E-state index in [2.05, 4.69) is 59.5 Å². The molecule has 2 aliphatic heterocycles. The van der Waals surface area contributed by atoms with Gasteiger partial charge in [0, 0.05) is 84.3 Å². The molecule has 1 saturated heterocycles. The molecule has 0 radical (unpaired) electrons. The van der Waals surface area contributed by atoms with E-state index < -0.39 is 30.3 Å². The van der Waals surface area contributed by atoms with Gasteiger partial charge in [-0.3, -0.25) is 0 Å². The summed E-state index contributed by atoms with van der Waals surface area (Å²) in [7, 11) is 3.26. The van der Waals surface area contributed by atoms with Gasteiger partial charge in [-0.25, -0.2) is 0 Å². The van der Waals surface area contributed by atoms with E-state index in [1.165, 1.54) is 5.57 Å². The SMILES string of the molecule is CCC1C#CC2C=C3C(CC)Cc4cc(O)c(OC5CC(Cc6ccc[nH]6)C6=CCNC(N)=C6CSSCC(CO)C5O)cc4C3CC(O)C2C(OCCO)CCC(NCC(C)O)C1. The van der Waals surface area contributed by atoms with Crippen molar-refractivity contribution in [2.45, 2.75) is 121 Å². The number of benzene rings is 1. The third-order valence-electron chi connectivity index (χ3n) is 14.3. The van der Waals surface area contributed by atoms with Crippen LogP contribution in [0.1, 0.15) is 88.5 Å². The first kappa shape index (κ1) is 48.8. The van der Waals surface area contributed by atoms with Crippen LogP contribution in [0.5, 0.6) is 11.5 Å². The van der Waals surface area contributed by atoms with Crippen LogP contribution >= 0.6 is 21.6 Å². The molecule has 64 heavy (non-hydrogen) atoms. The minimum atomic E-state index is -1.04. The molecular formula is C50H72N4O8S2. The van der Waals surface area contributed by atoms with E-state index >= 15 is 0 Å². The van der Waals surface area contributed by atoms with Gasteiger partial charge < -0.3 is 61.5 Å². The summed E-state index contributed by atoms with van der Waals surface area (Å²) in [6.07, 6.45) is 9.20. The number of dihydropyridines is 1. The van der Waals surface area contributed by atoms with E-state index in [9.17, 15) is 30.6 Å². The Morgan fingerprint density at radius 3 is 2.61 bits per heavy atom. The first-order valence-electron chi connectivity index (χ1n) is 23.7. The molecule has 3 heterocycles. The summed E-state index contributed by atoms with van der Waals surface area (Å²) in [5.74, 6) is 8.32.